The van der Waals surface area contributed by atoms with Crippen molar-refractivity contribution >= 4 is 28.5 Å². The van der Waals surface area contributed by atoms with E-state index in [9.17, 15) is 9.18 Å². The van der Waals surface area contributed by atoms with Gasteiger partial charge in [0.2, 0.25) is 11.9 Å². The zero-order valence-electron chi connectivity index (χ0n) is 15.8. The van der Waals surface area contributed by atoms with E-state index in [0.29, 0.717) is 23.1 Å². The number of fused-ring (bicyclic) bond motifs is 1. The van der Waals surface area contributed by atoms with Gasteiger partial charge in [0.05, 0.1) is 11.0 Å². The number of rotatable bonds is 4. The topological polar surface area (TPSA) is 72.9 Å². The van der Waals surface area contributed by atoms with Crippen molar-refractivity contribution in [3.63, 3.8) is 0 Å². The van der Waals surface area contributed by atoms with Crippen LogP contribution in [0.4, 0.5) is 10.3 Å². The third kappa shape index (κ3) is 3.26. The fourth-order valence-corrected chi connectivity index (χ4v) is 4.02. The Bertz CT molecular complexity index is 1060. The van der Waals surface area contributed by atoms with Gasteiger partial charge in [-0.15, -0.1) is 0 Å². The summed E-state index contributed by atoms with van der Waals surface area (Å²) in [5.41, 5.74) is 9.59. The molecule has 1 aliphatic carbocycles. The van der Waals surface area contributed by atoms with E-state index in [-0.39, 0.29) is 11.7 Å². The number of anilines is 1. The number of hydrogen-bond acceptors (Lipinski definition) is 3. The largest absolute Gasteiger partial charge is 0.369 e. The molecule has 1 saturated carbocycles. The Hall–Kier alpha value is -3.15. The van der Waals surface area contributed by atoms with Gasteiger partial charge in [-0.05, 0) is 42.2 Å². The first kappa shape index (κ1) is 18.2. The highest BCUT2D eigenvalue weighted by Crippen LogP contribution is 2.36. The number of nitrogens with one attached hydrogen (secondary N) is 1. The smallest absolute Gasteiger partial charge is 0.244 e. The number of likely N-dealkylation sites (N-methyl/N-ethyl adjacent to an activating group) is 1. The predicted molar refractivity (Wildman–Crippen MR) is 109 cm³/mol. The number of nitrogen functional groups attached to an aromatic ring is 1. The average Bonchev–Trinajstić information content (AvgIpc) is 3.32. The van der Waals surface area contributed by atoms with Crippen molar-refractivity contribution in [2.75, 3.05) is 12.8 Å². The Balaban J connectivity index is 1.89. The summed E-state index contributed by atoms with van der Waals surface area (Å²) in [4.78, 5) is 16.6. The molecule has 0 atom stereocenters. The van der Waals surface area contributed by atoms with Crippen LogP contribution in [0.1, 0.15) is 42.9 Å². The lowest BCUT2D eigenvalue weighted by atomic mass is 9.96. The van der Waals surface area contributed by atoms with Crippen LogP contribution in [-0.2, 0) is 4.79 Å². The second-order valence-electron chi connectivity index (χ2n) is 7.13. The molecule has 1 amide bonds. The van der Waals surface area contributed by atoms with Crippen LogP contribution in [0.5, 0.6) is 0 Å². The molecule has 0 aliphatic heterocycles. The molecule has 0 spiro atoms. The van der Waals surface area contributed by atoms with Gasteiger partial charge >= 0.3 is 0 Å². The zero-order chi connectivity index (χ0) is 19.7. The van der Waals surface area contributed by atoms with Crippen molar-refractivity contribution in [1.29, 1.82) is 0 Å². The number of carbonyl (C=O) groups is 1. The number of carbonyl (C=O) groups excluding carboxylic acids is 1. The molecule has 3 N–H and O–H groups in total. The number of halogens is 1. The summed E-state index contributed by atoms with van der Waals surface area (Å²) < 4.78 is 16.6. The van der Waals surface area contributed by atoms with Gasteiger partial charge in [-0.1, -0.05) is 37.1 Å². The van der Waals surface area contributed by atoms with E-state index in [1.165, 1.54) is 25.0 Å². The molecule has 0 bridgehead atoms. The highest BCUT2D eigenvalue weighted by molar-refractivity contribution is 6.00. The van der Waals surface area contributed by atoms with Gasteiger partial charge in [0, 0.05) is 24.7 Å². The number of imidazole rings is 1. The average molecular weight is 378 g/mol. The molecule has 4 rings (SSSR count). The molecule has 1 aromatic heterocycles. The molecule has 2 aromatic carbocycles. The van der Waals surface area contributed by atoms with Crippen LogP contribution in [-0.4, -0.2) is 22.5 Å². The lowest BCUT2D eigenvalue weighted by molar-refractivity contribution is -0.116. The van der Waals surface area contributed by atoms with E-state index in [4.69, 9.17) is 5.73 Å². The van der Waals surface area contributed by atoms with E-state index in [1.807, 2.05) is 18.2 Å². The summed E-state index contributed by atoms with van der Waals surface area (Å²) in [6.45, 7) is 0. The standard InChI is InChI=1S/C22H23FN4O/c1-25-21(28)13-17(16-8-4-5-9-18(16)23)14-10-11-19-20(12-14)27(22(24)26-19)15-6-2-3-7-15/h4-5,8-13,15H,2-3,6-7H2,1H3,(H2,24,26)(H,25,28)/b17-13-. The van der Waals surface area contributed by atoms with Gasteiger partial charge in [0.25, 0.3) is 0 Å². The predicted octanol–water partition coefficient (Wildman–Crippen LogP) is 4.05. The number of hydrogen-bond donors (Lipinski definition) is 2. The van der Waals surface area contributed by atoms with Gasteiger partial charge in [0.15, 0.2) is 0 Å². The quantitative estimate of drug-likeness (QED) is 0.673. The van der Waals surface area contributed by atoms with Crippen molar-refractivity contribution in [3.8, 4) is 0 Å². The molecule has 0 unspecified atom stereocenters. The lowest BCUT2D eigenvalue weighted by Crippen LogP contribution is -2.15. The van der Waals surface area contributed by atoms with Gasteiger partial charge in [-0.3, -0.25) is 4.79 Å². The first-order valence-corrected chi connectivity index (χ1v) is 9.54. The molecule has 3 aromatic rings. The first-order chi connectivity index (χ1) is 13.6. The summed E-state index contributed by atoms with van der Waals surface area (Å²) in [5, 5.41) is 2.58. The van der Waals surface area contributed by atoms with Gasteiger partial charge < -0.3 is 15.6 Å². The third-order valence-electron chi connectivity index (χ3n) is 5.40. The number of nitrogens with zero attached hydrogens (tertiary/aromatic N) is 2. The lowest BCUT2D eigenvalue weighted by Gasteiger charge is -2.15. The fraction of sp³-hybridized carbons (Fsp3) is 0.273. The second kappa shape index (κ2) is 7.46. The zero-order valence-corrected chi connectivity index (χ0v) is 15.8. The van der Waals surface area contributed by atoms with Gasteiger partial charge in [-0.2, -0.15) is 0 Å². The molecule has 0 radical (unpaired) electrons. The van der Waals surface area contributed by atoms with Crippen LogP contribution in [0, 0.1) is 5.82 Å². The highest BCUT2D eigenvalue weighted by Gasteiger charge is 2.22. The molecule has 5 nitrogen and oxygen atoms in total. The van der Waals surface area contributed by atoms with Crippen molar-refractivity contribution in [3.05, 3.63) is 65.5 Å². The number of amides is 1. The van der Waals surface area contributed by atoms with Crippen LogP contribution in [0.15, 0.2) is 48.5 Å². The summed E-state index contributed by atoms with van der Waals surface area (Å²) in [6, 6.07) is 12.5. The summed E-state index contributed by atoms with van der Waals surface area (Å²) >= 11 is 0. The monoisotopic (exact) mass is 378 g/mol. The second-order valence-corrected chi connectivity index (χ2v) is 7.13. The minimum atomic E-state index is -0.374. The minimum Gasteiger partial charge on any atom is -0.369 e. The molecule has 0 saturated heterocycles. The Morgan fingerprint density at radius 1 is 1.25 bits per heavy atom. The van der Waals surface area contributed by atoms with E-state index in [1.54, 1.807) is 25.2 Å². The first-order valence-electron chi connectivity index (χ1n) is 9.54. The van der Waals surface area contributed by atoms with Crippen molar-refractivity contribution in [2.24, 2.45) is 0 Å². The molecule has 1 aliphatic rings. The van der Waals surface area contributed by atoms with Crippen molar-refractivity contribution in [1.82, 2.24) is 14.9 Å². The van der Waals surface area contributed by atoms with Crippen molar-refractivity contribution < 1.29 is 9.18 Å². The Morgan fingerprint density at radius 2 is 2.00 bits per heavy atom. The fourth-order valence-electron chi connectivity index (χ4n) is 4.02. The molecule has 6 heteroatoms. The third-order valence-corrected chi connectivity index (χ3v) is 5.40. The molecule has 1 heterocycles. The Kier molecular flexibility index (Phi) is 4.86. The van der Waals surface area contributed by atoms with E-state index in [0.717, 1.165) is 29.4 Å². The maximum absolute atomic E-state index is 14.5. The van der Waals surface area contributed by atoms with Gasteiger partial charge in [0.1, 0.15) is 5.82 Å². The van der Waals surface area contributed by atoms with E-state index in [2.05, 4.69) is 14.9 Å². The van der Waals surface area contributed by atoms with Crippen molar-refractivity contribution in [2.45, 2.75) is 31.7 Å². The van der Waals surface area contributed by atoms with Gasteiger partial charge in [-0.25, -0.2) is 9.37 Å². The summed E-state index contributed by atoms with van der Waals surface area (Å²) in [6.07, 6.45) is 5.95. The maximum Gasteiger partial charge on any atom is 0.244 e. The van der Waals surface area contributed by atoms with Crippen LogP contribution in [0.3, 0.4) is 0 Å². The van der Waals surface area contributed by atoms with Crippen LogP contribution in [0.25, 0.3) is 16.6 Å². The normalized spacial score (nSPS) is 15.3. The number of nitrogens with two attached hydrogens (primary N) is 1. The Labute approximate surface area is 163 Å². The Morgan fingerprint density at radius 3 is 2.71 bits per heavy atom. The van der Waals surface area contributed by atoms with Crippen LogP contribution >= 0.6 is 0 Å². The highest BCUT2D eigenvalue weighted by atomic mass is 19.1. The minimum absolute atomic E-state index is 0.290. The molecule has 144 valence electrons. The van der Waals surface area contributed by atoms with E-state index < -0.39 is 0 Å². The maximum atomic E-state index is 14.5. The molecule has 28 heavy (non-hydrogen) atoms. The number of benzene rings is 2. The summed E-state index contributed by atoms with van der Waals surface area (Å²) in [5.74, 6) is -0.162. The van der Waals surface area contributed by atoms with Crippen LogP contribution < -0.4 is 11.1 Å². The summed E-state index contributed by atoms with van der Waals surface area (Å²) in [7, 11) is 1.55. The van der Waals surface area contributed by atoms with Crippen LogP contribution in [0.2, 0.25) is 0 Å². The molecular formula is C22H23FN4O. The number of aromatic nitrogens is 2. The SMILES string of the molecule is CNC(=O)/C=C(/c1ccc2nc(N)n(C3CCCC3)c2c1)c1ccccc1F. The molecule has 1 fully saturated rings. The molecular weight excluding hydrogens is 355 g/mol. The van der Waals surface area contributed by atoms with E-state index >= 15 is 0 Å².